The number of aliphatic carboxylic acids is 1. The number of fused-ring (bicyclic) bond motifs is 3. The van der Waals surface area contributed by atoms with Gasteiger partial charge in [-0.3, -0.25) is 9.59 Å². The van der Waals surface area contributed by atoms with E-state index >= 15 is 0 Å². The van der Waals surface area contributed by atoms with Crippen LogP contribution >= 0.6 is 0 Å². The van der Waals surface area contributed by atoms with E-state index in [9.17, 15) is 14.4 Å². The van der Waals surface area contributed by atoms with Gasteiger partial charge < -0.3 is 20.5 Å². The number of hydrogen-bond donors (Lipinski definition) is 3. The van der Waals surface area contributed by atoms with Crippen LogP contribution in [-0.2, 0) is 14.3 Å². The zero-order valence-electron chi connectivity index (χ0n) is 19.5. The molecule has 4 rings (SSSR count). The summed E-state index contributed by atoms with van der Waals surface area (Å²) in [5.41, 5.74) is 4.46. The highest BCUT2D eigenvalue weighted by Gasteiger charge is 2.30. The molecule has 2 aromatic carbocycles. The van der Waals surface area contributed by atoms with Crippen molar-refractivity contribution < 1.29 is 24.2 Å². The molecule has 1 saturated carbocycles. The fourth-order valence-corrected chi connectivity index (χ4v) is 4.63. The van der Waals surface area contributed by atoms with Gasteiger partial charge in [0.1, 0.15) is 12.6 Å². The minimum atomic E-state index is -1.02. The summed E-state index contributed by atoms with van der Waals surface area (Å²) in [5.74, 6) is -0.722. The summed E-state index contributed by atoms with van der Waals surface area (Å²) in [7, 11) is 0. The molecule has 3 N–H and O–H groups in total. The lowest BCUT2D eigenvalue weighted by molar-refractivity contribution is -0.137. The summed E-state index contributed by atoms with van der Waals surface area (Å²) in [6, 6.07) is 15.1. The molecule has 0 bridgehead atoms. The maximum Gasteiger partial charge on any atom is 0.407 e. The van der Waals surface area contributed by atoms with Crippen LogP contribution in [0.4, 0.5) is 4.79 Å². The highest BCUT2D eigenvalue weighted by Crippen LogP contribution is 2.44. The number of ether oxygens (including phenoxy) is 1. The number of carbonyl (C=O) groups excluding carboxylic acids is 2. The van der Waals surface area contributed by atoms with E-state index in [2.05, 4.69) is 22.8 Å². The van der Waals surface area contributed by atoms with Crippen LogP contribution in [0, 0.1) is 5.92 Å². The highest BCUT2D eigenvalue weighted by molar-refractivity contribution is 5.86. The van der Waals surface area contributed by atoms with Gasteiger partial charge in [-0.2, -0.15) is 0 Å². The van der Waals surface area contributed by atoms with Gasteiger partial charge in [-0.25, -0.2) is 4.79 Å². The molecule has 1 fully saturated rings. The molecule has 0 aromatic heterocycles. The van der Waals surface area contributed by atoms with Crippen molar-refractivity contribution in [2.45, 2.75) is 63.5 Å². The Morgan fingerprint density at radius 1 is 0.971 bits per heavy atom. The molecule has 0 aliphatic heterocycles. The first-order valence-corrected chi connectivity index (χ1v) is 12.1. The van der Waals surface area contributed by atoms with Gasteiger partial charge in [0.2, 0.25) is 5.91 Å². The molecule has 2 aliphatic rings. The van der Waals surface area contributed by atoms with Gasteiger partial charge in [0, 0.05) is 18.4 Å². The van der Waals surface area contributed by atoms with Gasteiger partial charge in [-0.15, -0.1) is 0 Å². The van der Waals surface area contributed by atoms with Gasteiger partial charge in [0.25, 0.3) is 0 Å². The van der Waals surface area contributed by atoms with Crippen molar-refractivity contribution in [3.63, 3.8) is 0 Å². The molecule has 0 heterocycles. The van der Waals surface area contributed by atoms with Crippen molar-refractivity contribution in [3.05, 3.63) is 59.7 Å². The molecule has 0 radical (unpaired) electrons. The fraction of sp³-hybridized carbons (Fsp3) is 0.444. The SMILES string of the molecule is CC(CCC1CC1)NC(=O)C(CCC(=O)O)NC(=O)OCC1c2ccccc2-c2ccccc21. The zero-order chi connectivity index (χ0) is 24.1. The Balaban J connectivity index is 1.35. The fourth-order valence-electron chi connectivity index (χ4n) is 4.63. The minimum Gasteiger partial charge on any atom is -0.481 e. The van der Waals surface area contributed by atoms with E-state index in [0.717, 1.165) is 41.0 Å². The number of hydrogen-bond acceptors (Lipinski definition) is 4. The zero-order valence-corrected chi connectivity index (χ0v) is 19.5. The van der Waals surface area contributed by atoms with E-state index in [1.54, 1.807) is 0 Å². The van der Waals surface area contributed by atoms with Crippen LogP contribution in [-0.4, -0.2) is 41.8 Å². The number of carboxylic acids is 1. The average molecular weight is 465 g/mol. The molecule has 0 spiro atoms. The second-order valence-electron chi connectivity index (χ2n) is 9.39. The molecular weight excluding hydrogens is 432 g/mol. The van der Waals surface area contributed by atoms with Gasteiger partial charge >= 0.3 is 12.1 Å². The van der Waals surface area contributed by atoms with Crippen LogP contribution in [0.25, 0.3) is 11.1 Å². The second-order valence-corrected chi connectivity index (χ2v) is 9.39. The Labute approximate surface area is 199 Å². The number of alkyl carbamates (subject to hydrolysis) is 1. The number of amides is 2. The number of carbonyl (C=O) groups is 3. The Hall–Kier alpha value is -3.35. The van der Waals surface area contributed by atoms with Gasteiger partial charge in [-0.05, 0) is 54.4 Å². The summed E-state index contributed by atoms with van der Waals surface area (Å²) < 4.78 is 5.54. The van der Waals surface area contributed by atoms with Crippen molar-refractivity contribution >= 4 is 18.0 Å². The van der Waals surface area contributed by atoms with Crippen LogP contribution in [0.5, 0.6) is 0 Å². The molecule has 7 nitrogen and oxygen atoms in total. The van der Waals surface area contributed by atoms with Crippen molar-refractivity contribution in [1.29, 1.82) is 0 Å². The summed E-state index contributed by atoms with van der Waals surface area (Å²) in [4.78, 5) is 36.5. The summed E-state index contributed by atoms with van der Waals surface area (Å²) in [5, 5.41) is 14.6. The van der Waals surface area contributed by atoms with Crippen molar-refractivity contribution in [1.82, 2.24) is 10.6 Å². The molecule has 2 atom stereocenters. The first-order chi connectivity index (χ1) is 16.4. The topological polar surface area (TPSA) is 105 Å². The van der Waals surface area contributed by atoms with Crippen LogP contribution in [0.2, 0.25) is 0 Å². The molecule has 34 heavy (non-hydrogen) atoms. The third-order valence-corrected chi connectivity index (χ3v) is 6.69. The predicted molar refractivity (Wildman–Crippen MR) is 128 cm³/mol. The van der Waals surface area contributed by atoms with Crippen molar-refractivity contribution in [2.75, 3.05) is 6.61 Å². The lowest BCUT2D eigenvalue weighted by Crippen LogP contribution is -2.49. The number of rotatable bonds is 11. The summed E-state index contributed by atoms with van der Waals surface area (Å²) >= 11 is 0. The van der Waals surface area contributed by atoms with Crippen LogP contribution in [0.15, 0.2) is 48.5 Å². The largest absolute Gasteiger partial charge is 0.481 e. The van der Waals surface area contributed by atoms with E-state index in [1.165, 1.54) is 12.8 Å². The molecule has 2 amide bonds. The molecule has 2 aromatic rings. The Kier molecular flexibility index (Phi) is 7.50. The van der Waals surface area contributed by atoms with Crippen LogP contribution < -0.4 is 10.6 Å². The molecule has 2 unspecified atom stereocenters. The van der Waals surface area contributed by atoms with E-state index in [1.807, 2.05) is 43.3 Å². The Morgan fingerprint density at radius 3 is 2.18 bits per heavy atom. The monoisotopic (exact) mass is 464 g/mol. The number of benzene rings is 2. The molecule has 2 aliphatic carbocycles. The minimum absolute atomic E-state index is 0.000701. The molecule has 7 heteroatoms. The maximum atomic E-state index is 12.8. The van der Waals surface area contributed by atoms with E-state index in [-0.39, 0.29) is 37.3 Å². The predicted octanol–water partition coefficient (Wildman–Crippen LogP) is 4.45. The van der Waals surface area contributed by atoms with Crippen LogP contribution in [0.1, 0.15) is 62.5 Å². The lowest BCUT2D eigenvalue weighted by Gasteiger charge is -2.21. The van der Waals surface area contributed by atoms with Crippen LogP contribution in [0.3, 0.4) is 0 Å². The van der Waals surface area contributed by atoms with Gasteiger partial charge in [-0.1, -0.05) is 61.4 Å². The third-order valence-electron chi connectivity index (χ3n) is 6.69. The van der Waals surface area contributed by atoms with Gasteiger partial charge in [0.05, 0.1) is 0 Å². The lowest BCUT2D eigenvalue weighted by atomic mass is 9.98. The molecule has 180 valence electrons. The highest BCUT2D eigenvalue weighted by atomic mass is 16.5. The smallest absolute Gasteiger partial charge is 0.407 e. The molecular formula is C27H32N2O5. The first-order valence-electron chi connectivity index (χ1n) is 12.1. The van der Waals surface area contributed by atoms with E-state index in [4.69, 9.17) is 9.84 Å². The van der Waals surface area contributed by atoms with E-state index < -0.39 is 18.1 Å². The summed E-state index contributed by atoms with van der Waals surface area (Å²) in [6.07, 6.45) is 3.50. The third kappa shape index (κ3) is 5.95. The Bertz CT molecular complexity index is 1000. The van der Waals surface area contributed by atoms with Gasteiger partial charge in [0.15, 0.2) is 0 Å². The van der Waals surface area contributed by atoms with E-state index in [0.29, 0.717) is 0 Å². The van der Waals surface area contributed by atoms with Crippen molar-refractivity contribution in [3.8, 4) is 11.1 Å². The Morgan fingerprint density at radius 2 is 1.59 bits per heavy atom. The molecule has 0 saturated heterocycles. The average Bonchev–Trinajstić information content (AvgIpc) is 3.60. The van der Waals surface area contributed by atoms with Crippen molar-refractivity contribution in [2.24, 2.45) is 5.92 Å². The normalized spacial score (nSPS) is 16.1. The second kappa shape index (κ2) is 10.7. The number of nitrogens with one attached hydrogen (secondary N) is 2. The first kappa shape index (κ1) is 23.8. The maximum absolute atomic E-state index is 12.8. The number of carboxylic acid groups (broad SMARTS) is 1. The standard InChI is InChI=1S/C27H32N2O5/c1-17(10-11-18-12-13-18)28-26(32)24(14-15-25(30)31)29-27(33)34-16-23-21-8-4-2-6-19(21)20-7-3-5-9-22(20)23/h2-9,17-18,23-24H,10-16H2,1H3,(H,28,32)(H,29,33)(H,30,31). The quantitative estimate of drug-likeness (QED) is 0.456. The summed E-state index contributed by atoms with van der Waals surface area (Å²) in [6.45, 7) is 2.06.